The summed E-state index contributed by atoms with van der Waals surface area (Å²) in [5.41, 5.74) is 8.75. The maximum Gasteiger partial charge on any atom is 0.329 e. The summed E-state index contributed by atoms with van der Waals surface area (Å²) in [6.45, 7) is 22.1. The van der Waals surface area contributed by atoms with E-state index < -0.39 is 12.1 Å². The Hall–Kier alpha value is -2.80. The van der Waals surface area contributed by atoms with E-state index in [2.05, 4.69) is 52.3 Å². The van der Waals surface area contributed by atoms with Crippen LogP contribution < -0.4 is 0 Å². The second-order valence-electron chi connectivity index (χ2n) is 10.9. The SMILES string of the molecule is C=C=C(C)[C@@H](CC(=O)[C@@H](Cc1ccccc1)OC(=O)[C@H](CC(C)C)N(C)C(=C=C)C(C)C)CC(C)C. The van der Waals surface area contributed by atoms with Crippen molar-refractivity contribution in [3.05, 3.63) is 71.8 Å². The first-order valence-corrected chi connectivity index (χ1v) is 13.2. The predicted octanol–water partition coefficient (Wildman–Crippen LogP) is 7.16. The zero-order chi connectivity index (χ0) is 27.4. The van der Waals surface area contributed by atoms with Gasteiger partial charge in [0.1, 0.15) is 6.04 Å². The van der Waals surface area contributed by atoms with E-state index in [1.165, 1.54) is 0 Å². The number of carbonyl (C=O) groups is 2. The lowest BCUT2D eigenvalue weighted by atomic mass is 9.85. The van der Waals surface area contributed by atoms with E-state index in [1.54, 1.807) is 0 Å². The molecule has 0 bridgehead atoms. The van der Waals surface area contributed by atoms with Gasteiger partial charge in [0.05, 0.1) is 5.70 Å². The number of carbonyl (C=O) groups excluding carboxylic acids is 2. The van der Waals surface area contributed by atoms with Crippen molar-refractivity contribution in [2.45, 2.75) is 86.3 Å². The van der Waals surface area contributed by atoms with Gasteiger partial charge in [0, 0.05) is 25.8 Å². The van der Waals surface area contributed by atoms with Gasteiger partial charge in [-0.05, 0) is 48.7 Å². The van der Waals surface area contributed by atoms with Crippen molar-refractivity contribution in [1.82, 2.24) is 4.90 Å². The average Bonchev–Trinajstić information content (AvgIpc) is 2.81. The summed E-state index contributed by atoms with van der Waals surface area (Å²) in [6.07, 6.45) is 1.25. The van der Waals surface area contributed by atoms with Gasteiger partial charge in [0.25, 0.3) is 0 Å². The fourth-order valence-electron chi connectivity index (χ4n) is 4.53. The van der Waals surface area contributed by atoms with Crippen molar-refractivity contribution in [1.29, 1.82) is 0 Å². The molecule has 3 atom stereocenters. The average molecular weight is 494 g/mol. The zero-order valence-electron chi connectivity index (χ0n) is 23.8. The summed E-state index contributed by atoms with van der Waals surface area (Å²) in [6, 6.07) is 9.21. The normalized spacial score (nSPS) is 13.5. The Kier molecular flexibility index (Phi) is 13.3. The summed E-state index contributed by atoms with van der Waals surface area (Å²) in [4.78, 5) is 29.2. The van der Waals surface area contributed by atoms with Gasteiger partial charge in [-0.2, -0.15) is 0 Å². The second-order valence-corrected chi connectivity index (χ2v) is 10.9. The maximum absolute atomic E-state index is 13.6. The van der Waals surface area contributed by atoms with Gasteiger partial charge in [0.15, 0.2) is 11.9 Å². The number of ketones is 1. The van der Waals surface area contributed by atoms with Gasteiger partial charge in [-0.1, -0.05) is 85.0 Å². The minimum Gasteiger partial charge on any atom is -0.452 e. The van der Waals surface area contributed by atoms with E-state index in [0.29, 0.717) is 25.2 Å². The van der Waals surface area contributed by atoms with Crippen LogP contribution in [0.15, 0.2) is 66.2 Å². The molecule has 0 aromatic heterocycles. The monoisotopic (exact) mass is 493 g/mol. The summed E-state index contributed by atoms with van der Waals surface area (Å²) < 4.78 is 6.06. The number of allylic oxidation sites excluding steroid dienone is 2. The largest absolute Gasteiger partial charge is 0.452 e. The van der Waals surface area contributed by atoms with Gasteiger partial charge in [0.2, 0.25) is 0 Å². The van der Waals surface area contributed by atoms with Crippen LogP contribution in [-0.4, -0.2) is 35.8 Å². The van der Waals surface area contributed by atoms with E-state index in [1.807, 2.05) is 63.1 Å². The molecule has 0 spiro atoms. The first-order chi connectivity index (χ1) is 16.9. The summed E-state index contributed by atoms with van der Waals surface area (Å²) in [5, 5.41) is 0. The number of ether oxygens (including phenoxy) is 1. The molecule has 4 heteroatoms. The van der Waals surface area contributed by atoms with Gasteiger partial charge in [-0.25, -0.2) is 4.79 Å². The Balaban J connectivity index is 3.30. The highest BCUT2D eigenvalue weighted by Gasteiger charge is 2.33. The van der Waals surface area contributed by atoms with Crippen molar-refractivity contribution in [2.24, 2.45) is 23.7 Å². The molecule has 0 aliphatic rings. The molecule has 0 unspecified atom stereocenters. The molecule has 0 fully saturated rings. The van der Waals surface area contributed by atoms with Crippen molar-refractivity contribution >= 4 is 11.8 Å². The molecule has 1 aromatic rings. The molecule has 1 aromatic carbocycles. The van der Waals surface area contributed by atoms with Crippen LogP contribution in [-0.2, 0) is 20.7 Å². The Morgan fingerprint density at radius 3 is 2.00 bits per heavy atom. The van der Waals surface area contributed by atoms with Crippen LogP contribution in [0.5, 0.6) is 0 Å². The van der Waals surface area contributed by atoms with Crippen LogP contribution in [0.25, 0.3) is 0 Å². The van der Waals surface area contributed by atoms with Crippen LogP contribution in [0, 0.1) is 23.7 Å². The molecule has 0 saturated heterocycles. The number of rotatable bonds is 15. The quantitative estimate of drug-likeness (QED) is 0.192. The third-order valence-electron chi connectivity index (χ3n) is 6.52. The van der Waals surface area contributed by atoms with E-state index in [4.69, 9.17) is 4.74 Å². The first kappa shape index (κ1) is 31.2. The Labute approximate surface area is 219 Å². The van der Waals surface area contributed by atoms with E-state index >= 15 is 0 Å². The molecule has 0 radical (unpaired) electrons. The van der Waals surface area contributed by atoms with Gasteiger partial charge in [-0.15, -0.1) is 11.5 Å². The number of Topliss-reactive ketones (excluding diaryl/α,β-unsaturated/α-hetero) is 1. The summed E-state index contributed by atoms with van der Waals surface area (Å²) >= 11 is 0. The lowest BCUT2D eigenvalue weighted by Crippen LogP contribution is -2.44. The van der Waals surface area contributed by atoms with Crippen molar-refractivity contribution in [3.8, 4) is 0 Å². The molecule has 0 N–H and O–H groups in total. The molecule has 1 rings (SSSR count). The molecular weight excluding hydrogens is 446 g/mol. The molecule has 36 heavy (non-hydrogen) atoms. The van der Waals surface area contributed by atoms with Crippen molar-refractivity contribution in [2.75, 3.05) is 7.05 Å². The fraction of sp³-hybridized carbons (Fsp3) is 0.562. The number of hydrogen-bond donors (Lipinski definition) is 0. The highest BCUT2D eigenvalue weighted by atomic mass is 16.5. The van der Waals surface area contributed by atoms with E-state index in [9.17, 15) is 9.59 Å². The van der Waals surface area contributed by atoms with Crippen molar-refractivity contribution in [3.63, 3.8) is 0 Å². The highest BCUT2D eigenvalue weighted by molar-refractivity contribution is 5.87. The minimum absolute atomic E-state index is 0.0253. The van der Waals surface area contributed by atoms with E-state index in [0.717, 1.165) is 23.3 Å². The maximum atomic E-state index is 13.6. The molecule has 198 valence electrons. The Morgan fingerprint density at radius 2 is 1.53 bits per heavy atom. The molecule has 0 saturated carbocycles. The first-order valence-electron chi connectivity index (χ1n) is 13.2. The van der Waals surface area contributed by atoms with Gasteiger partial charge >= 0.3 is 5.97 Å². The van der Waals surface area contributed by atoms with E-state index in [-0.39, 0.29) is 29.5 Å². The number of benzene rings is 1. The topological polar surface area (TPSA) is 46.6 Å². The van der Waals surface area contributed by atoms with Crippen LogP contribution >= 0.6 is 0 Å². The fourth-order valence-corrected chi connectivity index (χ4v) is 4.53. The lowest BCUT2D eigenvalue weighted by molar-refractivity contribution is -0.160. The second kappa shape index (κ2) is 15.3. The highest BCUT2D eigenvalue weighted by Crippen LogP contribution is 2.26. The standard InChI is InChI=1S/C32H47NO3/c1-11-25(9)27(18-22(3)4)21-30(34)31(20-26-16-14-13-15-17-26)36-32(35)29(19-23(5)6)33(10)28(12-2)24(7)8/h13-17,22-24,27,29,31H,1-2,18-21H2,3-10H3/t27-,29+,31-/m1/s1. The number of esters is 1. The molecule has 4 nitrogen and oxygen atoms in total. The summed E-state index contributed by atoms with van der Waals surface area (Å²) in [5.74, 6) is 0.416. The van der Waals surface area contributed by atoms with Crippen LogP contribution in [0.1, 0.15) is 73.3 Å². The number of likely N-dealkylation sites (N-methyl/N-ethyl adjacent to an activating group) is 1. The smallest absolute Gasteiger partial charge is 0.329 e. The van der Waals surface area contributed by atoms with Gasteiger partial charge < -0.3 is 9.64 Å². The Morgan fingerprint density at radius 1 is 0.944 bits per heavy atom. The number of nitrogens with zero attached hydrogens (tertiary/aromatic N) is 1. The van der Waals surface area contributed by atoms with Crippen LogP contribution in [0.2, 0.25) is 0 Å². The predicted molar refractivity (Wildman–Crippen MR) is 149 cm³/mol. The zero-order valence-corrected chi connectivity index (χ0v) is 23.8. The van der Waals surface area contributed by atoms with Crippen LogP contribution in [0.3, 0.4) is 0 Å². The lowest BCUT2D eigenvalue weighted by Gasteiger charge is -2.33. The molecule has 0 heterocycles. The Bertz CT molecular complexity index is 947. The molecule has 0 aliphatic carbocycles. The molecule has 0 aliphatic heterocycles. The van der Waals surface area contributed by atoms with Crippen molar-refractivity contribution < 1.29 is 14.3 Å². The minimum atomic E-state index is -0.856. The third-order valence-corrected chi connectivity index (χ3v) is 6.52. The number of hydrogen-bond acceptors (Lipinski definition) is 4. The van der Waals surface area contributed by atoms with Crippen LogP contribution in [0.4, 0.5) is 0 Å². The third kappa shape index (κ3) is 10.1. The molecule has 0 amide bonds. The molecular formula is C32H47NO3. The summed E-state index contributed by atoms with van der Waals surface area (Å²) in [7, 11) is 1.88. The van der Waals surface area contributed by atoms with Gasteiger partial charge in [-0.3, -0.25) is 4.79 Å².